The molecule has 1 atom stereocenters. The summed E-state index contributed by atoms with van der Waals surface area (Å²) < 4.78 is 0. The molecule has 4 N–H and O–H groups in total. The number of hydrazine groups is 1. The third kappa shape index (κ3) is 1.49. The van der Waals surface area contributed by atoms with Crippen molar-refractivity contribution >= 4 is 5.84 Å². The number of azo groups is 1. The molecular weight excluding hydrogens is 132 g/mol. The molecule has 0 saturated carbocycles. The summed E-state index contributed by atoms with van der Waals surface area (Å²) in [5.41, 5.74) is 5.03. The molecule has 0 bridgehead atoms. The largest absolute Gasteiger partial charge is 0.268 e. The Morgan fingerprint density at radius 2 is 2.60 bits per heavy atom. The fourth-order valence-corrected chi connectivity index (χ4v) is 0.529. The van der Waals surface area contributed by atoms with Crippen molar-refractivity contribution in [2.75, 3.05) is 0 Å². The van der Waals surface area contributed by atoms with Crippen LogP contribution in [0.5, 0.6) is 0 Å². The van der Waals surface area contributed by atoms with E-state index in [1.54, 1.807) is 0 Å². The molecule has 6 nitrogen and oxygen atoms in total. The zero-order chi connectivity index (χ0) is 7.40. The van der Waals surface area contributed by atoms with Gasteiger partial charge in [-0.15, -0.1) is 10.2 Å². The highest BCUT2D eigenvalue weighted by atomic mass is 15.5. The molecule has 1 aliphatic heterocycles. The molecule has 0 spiro atoms. The van der Waals surface area contributed by atoms with Gasteiger partial charge in [-0.1, -0.05) is 6.92 Å². The number of hydrogen-bond acceptors (Lipinski definition) is 6. The highest BCUT2D eigenvalue weighted by Crippen LogP contribution is 1.95. The number of nitrogens with two attached hydrogens (primary N) is 1. The molecule has 0 aromatic rings. The van der Waals surface area contributed by atoms with Gasteiger partial charge in [-0.3, -0.25) is 11.3 Å². The molecule has 0 aromatic heterocycles. The van der Waals surface area contributed by atoms with E-state index in [1.165, 1.54) is 0 Å². The van der Waals surface area contributed by atoms with Crippen LogP contribution in [0.15, 0.2) is 15.3 Å². The van der Waals surface area contributed by atoms with Gasteiger partial charge in [0.05, 0.1) is 0 Å². The van der Waals surface area contributed by atoms with E-state index < -0.39 is 0 Å². The predicted molar refractivity (Wildman–Crippen MR) is 36.8 cm³/mol. The maximum Gasteiger partial charge on any atom is 0.220 e. The van der Waals surface area contributed by atoms with E-state index in [0.717, 1.165) is 6.42 Å². The Morgan fingerprint density at radius 1 is 1.80 bits per heavy atom. The highest BCUT2D eigenvalue weighted by Gasteiger charge is 2.06. The van der Waals surface area contributed by atoms with Gasteiger partial charge >= 0.3 is 0 Å². The first-order valence-electron chi connectivity index (χ1n) is 3.06. The third-order valence-electron chi connectivity index (χ3n) is 1.08. The van der Waals surface area contributed by atoms with E-state index in [2.05, 4.69) is 26.2 Å². The normalized spacial score (nSPS) is 23.8. The van der Waals surface area contributed by atoms with E-state index in [-0.39, 0.29) is 6.29 Å². The zero-order valence-electron chi connectivity index (χ0n) is 5.70. The summed E-state index contributed by atoms with van der Waals surface area (Å²) in [5, 5.41) is 11.4. The third-order valence-corrected chi connectivity index (χ3v) is 1.08. The second kappa shape index (κ2) is 3.23. The van der Waals surface area contributed by atoms with Gasteiger partial charge in [0, 0.05) is 6.42 Å². The fourth-order valence-electron chi connectivity index (χ4n) is 0.529. The number of nitrogens with one attached hydrogen (secondary N) is 2. The molecule has 1 aliphatic rings. The van der Waals surface area contributed by atoms with Crippen LogP contribution in [0.25, 0.3) is 0 Å². The minimum atomic E-state index is -0.379. The first-order chi connectivity index (χ1) is 4.86. The lowest BCUT2D eigenvalue weighted by Gasteiger charge is -2.12. The summed E-state index contributed by atoms with van der Waals surface area (Å²) >= 11 is 0. The standard InChI is InChI=1S/C4H10N6/c1-2-3-7-9-4(6-5)10-8-3/h4,6,9H,2,5H2,1H3. The van der Waals surface area contributed by atoms with Gasteiger partial charge in [-0.25, -0.2) is 5.43 Å². The number of amidine groups is 1. The van der Waals surface area contributed by atoms with Crippen molar-refractivity contribution in [2.45, 2.75) is 19.6 Å². The Balaban J connectivity index is 2.46. The Morgan fingerprint density at radius 3 is 3.00 bits per heavy atom. The SMILES string of the molecule is CCC1=NNC(NN)N=N1. The van der Waals surface area contributed by atoms with Crippen LogP contribution in [0.3, 0.4) is 0 Å². The summed E-state index contributed by atoms with van der Waals surface area (Å²) in [7, 11) is 0. The Kier molecular flexibility index (Phi) is 2.30. The van der Waals surface area contributed by atoms with Crippen LogP contribution in [0.4, 0.5) is 0 Å². The van der Waals surface area contributed by atoms with Crippen LogP contribution >= 0.6 is 0 Å². The van der Waals surface area contributed by atoms with E-state index >= 15 is 0 Å². The minimum absolute atomic E-state index is 0.379. The molecule has 0 fully saturated rings. The van der Waals surface area contributed by atoms with Crippen molar-refractivity contribution in [3.05, 3.63) is 0 Å². The lowest BCUT2D eigenvalue weighted by atomic mass is 10.5. The van der Waals surface area contributed by atoms with Crippen LogP contribution in [0, 0.1) is 0 Å². The van der Waals surface area contributed by atoms with Gasteiger partial charge in [0.1, 0.15) is 0 Å². The average molecular weight is 142 g/mol. The summed E-state index contributed by atoms with van der Waals surface area (Å²) in [6.07, 6.45) is 0.392. The molecule has 1 rings (SSSR count). The molecular formula is C4H10N6. The summed E-state index contributed by atoms with van der Waals surface area (Å²) in [6.45, 7) is 1.95. The topological polar surface area (TPSA) is 87.2 Å². The summed E-state index contributed by atoms with van der Waals surface area (Å²) in [5.74, 6) is 5.74. The van der Waals surface area contributed by atoms with Crippen molar-refractivity contribution in [3.63, 3.8) is 0 Å². The maximum absolute atomic E-state index is 5.05. The number of nitrogens with zero attached hydrogens (tertiary/aromatic N) is 3. The maximum atomic E-state index is 5.05. The van der Waals surface area contributed by atoms with Gasteiger partial charge in [0.15, 0.2) is 5.84 Å². The van der Waals surface area contributed by atoms with Crippen molar-refractivity contribution in [2.24, 2.45) is 21.2 Å². The highest BCUT2D eigenvalue weighted by molar-refractivity contribution is 5.82. The molecule has 10 heavy (non-hydrogen) atoms. The second-order valence-corrected chi connectivity index (χ2v) is 1.80. The molecule has 1 heterocycles. The average Bonchev–Trinajstić information content (AvgIpc) is 2.05. The quantitative estimate of drug-likeness (QED) is 0.359. The number of hydrazone groups is 1. The van der Waals surface area contributed by atoms with E-state index in [4.69, 9.17) is 5.84 Å². The monoisotopic (exact) mass is 142 g/mol. The second-order valence-electron chi connectivity index (χ2n) is 1.80. The van der Waals surface area contributed by atoms with Crippen molar-refractivity contribution in [3.8, 4) is 0 Å². The van der Waals surface area contributed by atoms with Crippen LogP contribution < -0.4 is 16.7 Å². The molecule has 6 heteroatoms. The van der Waals surface area contributed by atoms with Crippen molar-refractivity contribution in [1.29, 1.82) is 0 Å². The Labute approximate surface area is 58.6 Å². The van der Waals surface area contributed by atoms with Gasteiger partial charge < -0.3 is 0 Å². The minimum Gasteiger partial charge on any atom is -0.268 e. The fraction of sp³-hybridized carbons (Fsp3) is 0.750. The summed E-state index contributed by atoms with van der Waals surface area (Å²) in [6, 6.07) is 0. The van der Waals surface area contributed by atoms with E-state index in [1.807, 2.05) is 6.92 Å². The van der Waals surface area contributed by atoms with Crippen LogP contribution in [-0.2, 0) is 0 Å². The lowest BCUT2D eigenvalue weighted by Crippen LogP contribution is -2.43. The van der Waals surface area contributed by atoms with Crippen LogP contribution in [-0.4, -0.2) is 12.1 Å². The van der Waals surface area contributed by atoms with Crippen LogP contribution in [0.1, 0.15) is 13.3 Å². The molecule has 0 saturated heterocycles. The zero-order valence-corrected chi connectivity index (χ0v) is 5.70. The molecule has 0 aromatic carbocycles. The molecule has 0 aliphatic carbocycles. The van der Waals surface area contributed by atoms with Gasteiger partial charge in [-0.05, 0) is 0 Å². The van der Waals surface area contributed by atoms with Gasteiger partial charge in [0.25, 0.3) is 0 Å². The van der Waals surface area contributed by atoms with Crippen LogP contribution in [0.2, 0.25) is 0 Å². The van der Waals surface area contributed by atoms with Crippen molar-refractivity contribution < 1.29 is 0 Å². The molecule has 1 unspecified atom stereocenters. The van der Waals surface area contributed by atoms with E-state index in [9.17, 15) is 0 Å². The van der Waals surface area contributed by atoms with Gasteiger partial charge in [-0.2, -0.15) is 5.10 Å². The summed E-state index contributed by atoms with van der Waals surface area (Å²) in [4.78, 5) is 0. The molecule has 0 amide bonds. The Hall–Kier alpha value is -1.01. The van der Waals surface area contributed by atoms with Crippen molar-refractivity contribution in [1.82, 2.24) is 10.9 Å². The Bertz CT molecular complexity index is 161. The smallest absolute Gasteiger partial charge is 0.220 e. The first kappa shape index (κ1) is 7.10. The predicted octanol–water partition coefficient (Wildman–Crippen LogP) is -0.488. The molecule has 56 valence electrons. The first-order valence-corrected chi connectivity index (χ1v) is 3.06. The van der Waals surface area contributed by atoms with Gasteiger partial charge in [0.2, 0.25) is 6.29 Å². The number of rotatable bonds is 2. The molecule has 0 radical (unpaired) electrons. The lowest BCUT2D eigenvalue weighted by molar-refractivity contribution is 0.434. The van der Waals surface area contributed by atoms with E-state index in [0.29, 0.717) is 5.84 Å². The number of hydrogen-bond donors (Lipinski definition) is 3.